The quantitative estimate of drug-likeness (QED) is 0.857. The van der Waals surface area contributed by atoms with E-state index in [4.69, 9.17) is 9.47 Å². The van der Waals surface area contributed by atoms with Crippen molar-refractivity contribution in [3.63, 3.8) is 0 Å². The smallest absolute Gasteiger partial charge is 0.422 e. The van der Waals surface area contributed by atoms with Crippen LogP contribution in [0, 0.1) is 0 Å². The Morgan fingerprint density at radius 1 is 1.33 bits per heavy atom. The molecule has 0 bridgehead atoms. The summed E-state index contributed by atoms with van der Waals surface area (Å²) >= 11 is 1.000. The van der Waals surface area contributed by atoms with Crippen molar-refractivity contribution in [1.82, 2.24) is 4.57 Å². The summed E-state index contributed by atoms with van der Waals surface area (Å²) in [4.78, 5) is 23.1. The van der Waals surface area contributed by atoms with E-state index in [1.54, 1.807) is 25.1 Å². The highest BCUT2D eigenvalue weighted by atomic mass is 32.1. The van der Waals surface area contributed by atoms with Crippen molar-refractivity contribution in [3.05, 3.63) is 27.9 Å². The van der Waals surface area contributed by atoms with Crippen molar-refractivity contribution >= 4 is 27.6 Å². The van der Waals surface area contributed by atoms with Gasteiger partial charge in [-0.25, -0.2) is 9.36 Å². The van der Waals surface area contributed by atoms with E-state index < -0.39 is 6.09 Å². The van der Waals surface area contributed by atoms with Gasteiger partial charge in [-0.05, 0) is 32.0 Å². The molecule has 0 aliphatic rings. The van der Waals surface area contributed by atoms with Crippen LogP contribution in [0.5, 0.6) is 5.75 Å². The van der Waals surface area contributed by atoms with Crippen molar-refractivity contribution in [1.29, 1.82) is 0 Å². The van der Waals surface area contributed by atoms with Gasteiger partial charge in [0.1, 0.15) is 5.75 Å². The molecule has 0 atom stereocenters. The van der Waals surface area contributed by atoms with E-state index in [9.17, 15) is 9.59 Å². The summed E-state index contributed by atoms with van der Waals surface area (Å²) in [6.07, 6.45) is -0.641. The van der Waals surface area contributed by atoms with E-state index in [2.05, 4.69) is 0 Å². The summed E-state index contributed by atoms with van der Waals surface area (Å²) in [7, 11) is 0. The summed E-state index contributed by atoms with van der Waals surface area (Å²) in [5.74, 6) is 0.683. The van der Waals surface area contributed by atoms with Gasteiger partial charge < -0.3 is 9.47 Å². The van der Waals surface area contributed by atoms with Crippen LogP contribution in [0.25, 0.3) is 10.2 Å². The molecule has 0 spiro atoms. The Bertz CT molecular complexity index is 629. The molecule has 1 aromatic carbocycles. The second kappa shape index (κ2) is 5.22. The van der Waals surface area contributed by atoms with Gasteiger partial charge in [-0.15, -0.1) is 0 Å². The highest BCUT2D eigenvalue weighted by Gasteiger charge is 2.15. The Morgan fingerprint density at radius 2 is 2.11 bits per heavy atom. The lowest BCUT2D eigenvalue weighted by Crippen LogP contribution is -2.23. The minimum Gasteiger partial charge on any atom is -0.494 e. The Labute approximate surface area is 108 Å². The number of fused-ring (bicyclic) bond motifs is 1. The molecule has 0 N–H and O–H groups in total. The number of thiazole rings is 1. The molecule has 1 heterocycles. The van der Waals surface area contributed by atoms with E-state index in [1.807, 2.05) is 6.92 Å². The summed E-state index contributed by atoms with van der Waals surface area (Å²) in [6.45, 7) is 4.37. The van der Waals surface area contributed by atoms with Gasteiger partial charge in [-0.1, -0.05) is 11.3 Å². The highest BCUT2D eigenvalue weighted by molar-refractivity contribution is 7.16. The maximum absolute atomic E-state index is 11.8. The van der Waals surface area contributed by atoms with Crippen LogP contribution in [0.4, 0.5) is 4.79 Å². The maximum Gasteiger partial charge on any atom is 0.422 e. The minimum atomic E-state index is -0.641. The van der Waals surface area contributed by atoms with Crippen LogP contribution in [0.2, 0.25) is 0 Å². The van der Waals surface area contributed by atoms with Gasteiger partial charge >= 0.3 is 11.0 Å². The largest absolute Gasteiger partial charge is 0.494 e. The zero-order chi connectivity index (χ0) is 13.1. The highest BCUT2D eigenvalue weighted by Crippen LogP contribution is 2.23. The molecule has 0 unspecified atom stereocenters. The fourth-order valence-corrected chi connectivity index (χ4v) is 2.51. The third-order valence-corrected chi connectivity index (χ3v) is 3.22. The van der Waals surface area contributed by atoms with E-state index in [1.165, 1.54) is 0 Å². The number of hydrogen-bond acceptors (Lipinski definition) is 5. The standard InChI is InChI=1S/C12H13NO4S/c1-3-16-8-5-6-9-10(7-8)18-12(15)13(9)11(14)17-4-2/h5-7H,3-4H2,1-2H3. The van der Waals surface area contributed by atoms with E-state index in [0.29, 0.717) is 22.6 Å². The van der Waals surface area contributed by atoms with Crippen LogP contribution in [0.1, 0.15) is 13.8 Å². The number of rotatable bonds is 3. The van der Waals surface area contributed by atoms with Gasteiger partial charge in [-0.2, -0.15) is 0 Å². The fraction of sp³-hybridized carbons (Fsp3) is 0.333. The zero-order valence-corrected chi connectivity index (χ0v) is 11.0. The fourth-order valence-electron chi connectivity index (χ4n) is 1.62. The molecule has 5 nitrogen and oxygen atoms in total. The Kier molecular flexibility index (Phi) is 3.66. The minimum absolute atomic E-state index is 0.236. The second-order valence-corrected chi connectivity index (χ2v) is 4.46. The third kappa shape index (κ3) is 2.24. The molecule has 2 aromatic rings. The first-order chi connectivity index (χ1) is 8.67. The average molecular weight is 267 g/mol. The van der Waals surface area contributed by atoms with Crippen molar-refractivity contribution in [3.8, 4) is 5.75 Å². The molecule has 0 radical (unpaired) electrons. The lowest BCUT2D eigenvalue weighted by atomic mass is 10.3. The monoisotopic (exact) mass is 267 g/mol. The third-order valence-electron chi connectivity index (χ3n) is 2.31. The summed E-state index contributed by atoms with van der Waals surface area (Å²) < 4.78 is 12.0. The van der Waals surface area contributed by atoms with Crippen molar-refractivity contribution in [2.75, 3.05) is 13.2 Å². The molecular weight excluding hydrogens is 254 g/mol. The van der Waals surface area contributed by atoms with Crippen molar-refractivity contribution in [2.45, 2.75) is 13.8 Å². The van der Waals surface area contributed by atoms with Gasteiger partial charge in [0.25, 0.3) is 0 Å². The SMILES string of the molecule is CCOC(=O)n1c(=O)sc2cc(OCC)ccc21. The second-order valence-electron chi connectivity index (χ2n) is 3.46. The molecule has 0 aliphatic carbocycles. The first kappa shape index (κ1) is 12.6. The number of nitrogens with zero attached hydrogens (tertiary/aromatic N) is 1. The predicted molar refractivity (Wildman–Crippen MR) is 69.7 cm³/mol. The normalized spacial score (nSPS) is 10.6. The van der Waals surface area contributed by atoms with Crippen LogP contribution in [0.15, 0.2) is 23.0 Å². The van der Waals surface area contributed by atoms with E-state index >= 15 is 0 Å². The predicted octanol–water partition coefficient (Wildman–Crippen LogP) is 2.47. The van der Waals surface area contributed by atoms with Crippen molar-refractivity contribution < 1.29 is 14.3 Å². The van der Waals surface area contributed by atoms with Crippen LogP contribution in [-0.2, 0) is 4.74 Å². The number of aromatic nitrogens is 1. The first-order valence-electron chi connectivity index (χ1n) is 5.63. The van der Waals surface area contributed by atoms with Gasteiger partial charge in [0.05, 0.1) is 23.4 Å². The summed E-state index contributed by atoms with van der Waals surface area (Å²) in [5, 5.41) is 0. The molecule has 96 valence electrons. The summed E-state index contributed by atoms with van der Waals surface area (Å²) in [6, 6.07) is 5.17. The Morgan fingerprint density at radius 3 is 2.78 bits per heavy atom. The molecule has 0 aliphatic heterocycles. The molecular formula is C12H13NO4S. The van der Waals surface area contributed by atoms with E-state index in [0.717, 1.165) is 15.9 Å². The molecule has 0 amide bonds. The van der Waals surface area contributed by atoms with Gasteiger partial charge in [0.2, 0.25) is 0 Å². The van der Waals surface area contributed by atoms with Crippen LogP contribution >= 0.6 is 11.3 Å². The van der Waals surface area contributed by atoms with Gasteiger partial charge in [-0.3, -0.25) is 4.79 Å². The first-order valence-corrected chi connectivity index (χ1v) is 6.44. The number of carbonyl (C=O) groups excluding carboxylic acids is 1. The number of benzene rings is 1. The molecule has 0 saturated heterocycles. The van der Waals surface area contributed by atoms with Crippen LogP contribution < -0.4 is 9.61 Å². The average Bonchev–Trinajstić information content (AvgIpc) is 2.65. The van der Waals surface area contributed by atoms with Gasteiger partial charge in [0, 0.05) is 0 Å². The number of hydrogen-bond donors (Lipinski definition) is 0. The lowest BCUT2D eigenvalue weighted by Gasteiger charge is -2.04. The molecule has 6 heteroatoms. The Hall–Kier alpha value is -1.82. The molecule has 0 fully saturated rings. The van der Waals surface area contributed by atoms with Crippen molar-refractivity contribution in [2.24, 2.45) is 0 Å². The molecule has 1 aromatic heterocycles. The number of carbonyl (C=O) groups is 1. The van der Waals surface area contributed by atoms with Crippen LogP contribution in [0.3, 0.4) is 0 Å². The lowest BCUT2D eigenvalue weighted by molar-refractivity contribution is 0.154. The topological polar surface area (TPSA) is 57.5 Å². The summed E-state index contributed by atoms with van der Waals surface area (Å²) in [5.41, 5.74) is 0.548. The molecule has 2 rings (SSSR count). The maximum atomic E-state index is 11.8. The molecule has 18 heavy (non-hydrogen) atoms. The van der Waals surface area contributed by atoms with Crippen LogP contribution in [-0.4, -0.2) is 23.9 Å². The zero-order valence-electron chi connectivity index (χ0n) is 10.1. The Balaban J connectivity index is 2.52. The van der Waals surface area contributed by atoms with Gasteiger partial charge in [0.15, 0.2) is 0 Å². The van der Waals surface area contributed by atoms with E-state index in [-0.39, 0.29) is 11.5 Å². The molecule has 0 saturated carbocycles. The number of ether oxygens (including phenoxy) is 2.